The topological polar surface area (TPSA) is 83.5 Å². The minimum Gasteiger partial charge on any atom is -0.481 e. The molecule has 1 atom stereocenters. The van der Waals surface area contributed by atoms with Gasteiger partial charge in [-0.1, -0.05) is 32.4 Å². The predicted molar refractivity (Wildman–Crippen MR) is 72.6 cm³/mol. The van der Waals surface area contributed by atoms with Crippen molar-refractivity contribution < 1.29 is 18.3 Å². The maximum absolute atomic E-state index is 11.7. The molecule has 0 amide bonds. The Labute approximate surface area is 113 Å². The molecular weight excluding hydrogens is 266 g/mol. The molecule has 0 aliphatic carbocycles. The molecule has 106 valence electrons. The first kappa shape index (κ1) is 15.7. The van der Waals surface area contributed by atoms with Gasteiger partial charge in [0.25, 0.3) is 0 Å². The van der Waals surface area contributed by atoms with Crippen molar-refractivity contribution in [2.45, 2.75) is 37.5 Å². The lowest BCUT2D eigenvalue weighted by atomic mass is 9.95. The van der Waals surface area contributed by atoms with E-state index in [1.807, 2.05) is 6.92 Å². The number of carboxylic acid groups (broad SMARTS) is 1. The Morgan fingerprint density at radius 1 is 1.26 bits per heavy atom. The van der Waals surface area contributed by atoms with Crippen LogP contribution in [0.2, 0.25) is 0 Å². The minimum absolute atomic E-state index is 0.152. The lowest BCUT2D eigenvalue weighted by Gasteiger charge is -2.12. The highest BCUT2D eigenvalue weighted by atomic mass is 32.2. The van der Waals surface area contributed by atoms with Crippen molar-refractivity contribution in [2.24, 2.45) is 0 Å². The van der Waals surface area contributed by atoms with Gasteiger partial charge in [0.1, 0.15) is 0 Å². The number of aliphatic carboxylic acids is 1. The molecule has 19 heavy (non-hydrogen) atoms. The average molecular weight is 285 g/mol. The van der Waals surface area contributed by atoms with E-state index in [0.29, 0.717) is 18.5 Å². The molecule has 1 unspecified atom stereocenters. The molecule has 5 nitrogen and oxygen atoms in total. The monoisotopic (exact) mass is 285 g/mol. The van der Waals surface area contributed by atoms with Gasteiger partial charge in [0, 0.05) is 6.54 Å². The van der Waals surface area contributed by atoms with Gasteiger partial charge in [-0.2, -0.15) is 0 Å². The summed E-state index contributed by atoms with van der Waals surface area (Å²) in [6.45, 7) is 3.94. The van der Waals surface area contributed by atoms with E-state index in [0.717, 1.165) is 6.42 Å². The minimum atomic E-state index is -3.48. The van der Waals surface area contributed by atoms with Crippen LogP contribution in [-0.4, -0.2) is 26.0 Å². The van der Waals surface area contributed by atoms with Crippen LogP contribution in [-0.2, 0) is 14.8 Å². The van der Waals surface area contributed by atoms with E-state index in [1.54, 1.807) is 19.1 Å². The second-order valence-corrected chi connectivity index (χ2v) is 6.02. The summed E-state index contributed by atoms with van der Waals surface area (Å²) in [4.78, 5) is 11.3. The molecule has 0 aliphatic heterocycles. The highest BCUT2D eigenvalue weighted by Gasteiger charge is 2.20. The molecule has 1 aromatic rings. The van der Waals surface area contributed by atoms with Crippen LogP contribution in [0, 0.1) is 0 Å². The molecule has 0 saturated carbocycles. The third-order valence-corrected chi connectivity index (χ3v) is 4.36. The van der Waals surface area contributed by atoms with Crippen LogP contribution in [0.4, 0.5) is 0 Å². The normalized spacial score (nSPS) is 13.2. The van der Waals surface area contributed by atoms with Crippen molar-refractivity contribution in [3.05, 3.63) is 29.8 Å². The van der Waals surface area contributed by atoms with Crippen molar-refractivity contribution in [3.8, 4) is 0 Å². The summed E-state index contributed by atoms with van der Waals surface area (Å²) in [5, 5.41) is 9.14. The van der Waals surface area contributed by atoms with Crippen molar-refractivity contribution in [1.82, 2.24) is 4.72 Å². The third kappa shape index (κ3) is 4.04. The van der Waals surface area contributed by atoms with E-state index < -0.39 is 21.9 Å². The lowest BCUT2D eigenvalue weighted by molar-refractivity contribution is -0.139. The zero-order valence-corrected chi connectivity index (χ0v) is 11.9. The van der Waals surface area contributed by atoms with Crippen molar-refractivity contribution >= 4 is 16.0 Å². The van der Waals surface area contributed by atoms with Gasteiger partial charge in [-0.05, 0) is 24.1 Å². The average Bonchev–Trinajstić information content (AvgIpc) is 2.35. The van der Waals surface area contributed by atoms with Crippen LogP contribution in [0.5, 0.6) is 0 Å². The zero-order chi connectivity index (χ0) is 14.5. The van der Waals surface area contributed by atoms with Gasteiger partial charge in [0.05, 0.1) is 10.8 Å². The molecule has 0 bridgehead atoms. The summed E-state index contributed by atoms with van der Waals surface area (Å²) in [5.41, 5.74) is 0.629. The number of nitrogens with one attached hydrogen (secondary N) is 1. The standard InChI is InChI=1S/C13H19NO4S/c1-3-5-12(13(15)16)10-6-8-11(9-7-10)19(17,18)14-4-2/h6-9,12,14H,3-5H2,1-2H3,(H,15,16). The maximum Gasteiger partial charge on any atom is 0.310 e. The van der Waals surface area contributed by atoms with E-state index in [1.165, 1.54) is 12.1 Å². The fourth-order valence-electron chi connectivity index (χ4n) is 1.87. The largest absolute Gasteiger partial charge is 0.481 e. The van der Waals surface area contributed by atoms with E-state index in [-0.39, 0.29) is 4.90 Å². The Morgan fingerprint density at radius 3 is 2.26 bits per heavy atom. The Bertz CT molecular complexity index is 522. The number of rotatable bonds is 7. The number of carbonyl (C=O) groups is 1. The van der Waals surface area contributed by atoms with Crippen LogP contribution in [0.15, 0.2) is 29.2 Å². The van der Waals surface area contributed by atoms with E-state index in [2.05, 4.69) is 4.72 Å². The first-order valence-corrected chi connectivity index (χ1v) is 7.73. The summed E-state index contributed by atoms with van der Waals surface area (Å²) in [6, 6.07) is 6.02. The molecule has 0 saturated heterocycles. The summed E-state index contributed by atoms with van der Waals surface area (Å²) in [7, 11) is -3.48. The predicted octanol–water partition coefficient (Wildman–Crippen LogP) is 1.95. The van der Waals surface area contributed by atoms with Crippen LogP contribution in [0.25, 0.3) is 0 Å². The molecule has 0 heterocycles. The van der Waals surface area contributed by atoms with Gasteiger partial charge in [0.2, 0.25) is 10.0 Å². The van der Waals surface area contributed by atoms with Gasteiger partial charge >= 0.3 is 5.97 Å². The van der Waals surface area contributed by atoms with Gasteiger partial charge in [-0.25, -0.2) is 13.1 Å². The van der Waals surface area contributed by atoms with Gasteiger partial charge in [-0.3, -0.25) is 4.79 Å². The highest BCUT2D eigenvalue weighted by Crippen LogP contribution is 2.23. The quantitative estimate of drug-likeness (QED) is 0.802. The Kier molecular flexibility index (Phi) is 5.50. The molecule has 0 radical (unpaired) electrons. The third-order valence-electron chi connectivity index (χ3n) is 2.80. The number of carboxylic acids is 1. The van der Waals surface area contributed by atoms with Crippen molar-refractivity contribution in [2.75, 3.05) is 6.54 Å². The Hall–Kier alpha value is -1.40. The Balaban J connectivity index is 3.01. The van der Waals surface area contributed by atoms with Crippen LogP contribution < -0.4 is 4.72 Å². The fraction of sp³-hybridized carbons (Fsp3) is 0.462. The summed E-state index contributed by atoms with van der Waals surface area (Å²) in [6.07, 6.45) is 1.29. The van der Waals surface area contributed by atoms with Crippen LogP contribution in [0.1, 0.15) is 38.2 Å². The fourth-order valence-corrected chi connectivity index (χ4v) is 2.92. The molecule has 0 spiro atoms. The summed E-state index contributed by atoms with van der Waals surface area (Å²) in [5.74, 6) is -1.47. The first-order valence-electron chi connectivity index (χ1n) is 6.24. The molecule has 0 aromatic heterocycles. The molecule has 1 aromatic carbocycles. The molecule has 2 N–H and O–H groups in total. The smallest absolute Gasteiger partial charge is 0.310 e. The second-order valence-electron chi connectivity index (χ2n) is 4.25. The number of sulfonamides is 1. The van der Waals surface area contributed by atoms with Gasteiger partial charge < -0.3 is 5.11 Å². The number of benzene rings is 1. The molecule has 6 heteroatoms. The number of hydrogen-bond acceptors (Lipinski definition) is 3. The SMILES string of the molecule is CCCC(C(=O)O)c1ccc(S(=O)(=O)NCC)cc1. The van der Waals surface area contributed by atoms with E-state index >= 15 is 0 Å². The van der Waals surface area contributed by atoms with Crippen molar-refractivity contribution in [3.63, 3.8) is 0 Å². The van der Waals surface area contributed by atoms with Crippen LogP contribution in [0.3, 0.4) is 0 Å². The first-order chi connectivity index (χ1) is 8.92. The zero-order valence-electron chi connectivity index (χ0n) is 11.1. The van der Waals surface area contributed by atoms with E-state index in [4.69, 9.17) is 5.11 Å². The second kappa shape index (κ2) is 6.68. The van der Waals surface area contributed by atoms with Crippen LogP contribution >= 0.6 is 0 Å². The van der Waals surface area contributed by atoms with Gasteiger partial charge in [0.15, 0.2) is 0 Å². The summed E-state index contributed by atoms with van der Waals surface area (Å²) >= 11 is 0. The molecule has 0 fully saturated rings. The molecule has 1 rings (SSSR count). The van der Waals surface area contributed by atoms with Crippen molar-refractivity contribution in [1.29, 1.82) is 0 Å². The summed E-state index contributed by atoms with van der Waals surface area (Å²) < 4.78 is 25.9. The lowest BCUT2D eigenvalue weighted by Crippen LogP contribution is -2.23. The van der Waals surface area contributed by atoms with Gasteiger partial charge in [-0.15, -0.1) is 0 Å². The maximum atomic E-state index is 11.7. The Morgan fingerprint density at radius 2 is 1.84 bits per heavy atom. The molecule has 0 aliphatic rings. The highest BCUT2D eigenvalue weighted by molar-refractivity contribution is 7.89. The van der Waals surface area contributed by atoms with E-state index in [9.17, 15) is 13.2 Å². The molecular formula is C13H19NO4S. The number of hydrogen-bond donors (Lipinski definition) is 2.